The molecule has 3 heterocycles. The molecule has 1 aromatic carbocycles. The summed E-state index contributed by atoms with van der Waals surface area (Å²) in [6.45, 7) is 6.44. The zero-order chi connectivity index (χ0) is 25.3. The van der Waals surface area contributed by atoms with Crippen LogP contribution in [0.5, 0.6) is 0 Å². The molecule has 0 radical (unpaired) electrons. The molecule has 10 nitrogen and oxygen atoms in total. The fraction of sp³-hybridized carbons (Fsp3) is 0.458. The SMILES string of the molecule is COC[C@@H]1COC(=O)N1c1ccc(C(=O)N2CCN(c3ncc(C)cc3C)CC2)c(S(C)(=O)=O)c1. The molecule has 2 amide bonds. The highest BCUT2D eigenvalue weighted by Crippen LogP contribution is 2.29. The number of sulfone groups is 1. The van der Waals surface area contributed by atoms with Gasteiger partial charge in [-0.25, -0.2) is 18.2 Å². The summed E-state index contributed by atoms with van der Waals surface area (Å²) in [7, 11) is -2.24. The molecule has 35 heavy (non-hydrogen) atoms. The van der Waals surface area contributed by atoms with E-state index < -0.39 is 15.9 Å². The number of hydrogen-bond acceptors (Lipinski definition) is 8. The number of pyridine rings is 1. The molecule has 2 aliphatic heterocycles. The molecule has 2 aromatic rings. The van der Waals surface area contributed by atoms with Crippen molar-refractivity contribution in [1.29, 1.82) is 0 Å². The van der Waals surface area contributed by atoms with Gasteiger partial charge in [0, 0.05) is 51.4 Å². The van der Waals surface area contributed by atoms with E-state index in [1.165, 1.54) is 24.1 Å². The van der Waals surface area contributed by atoms with Crippen LogP contribution in [-0.4, -0.2) is 89.1 Å². The fourth-order valence-corrected chi connectivity index (χ4v) is 5.46. The Morgan fingerprint density at radius 2 is 1.89 bits per heavy atom. The molecule has 0 N–H and O–H groups in total. The lowest BCUT2D eigenvalue weighted by atomic mass is 10.1. The van der Waals surface area contributed by atoms with Crippen LogP contribution in [0.15, 0.2) is 35.4 Å². The molecule has 2 fully saturated rings. The quantitative estimate of drug-likeness (QED) is 0.590. The van der Waals surface area contributed by atoms with Crippen molar-refractivity contribution in [3.05, 3.63) is 47.2 Å². The van der Waals surface area contributed by atoms with Gasteiger partial charge in [-0.1, -0.05) is 6.07 Å². The number of anilines is 2. The Morgan fingerprint density at radius 1 is 1.17 bits per heavy atom. The number of ether oxygens (including phenoxy) is 2. The highest BCUT2D eigenvalue weighted by molar-refractivity contribution is 7.90. The zero-order valence-corrected chi connectivity index (χ0v) is 21.2. The third-order valence-electron chi connectivity index (χ3n) is 6.25. The molecule has 4 rings (SSSR count). The first kappa shape index (κ1) is 24.9. The third-order valence-corrected chi connectivity index (χ3v) is 7.38. The Kier molecular flexibility index (Phi) is 7.00. The molecule has 2 aliphatic rings. The van der Waals surface area contributed by atoms with E-state index in [0.29, 0.717) is 31.9 Å². The number of cyclic esters (lactones) is 1. The molecule has 1 aromatic heterocycles. The average molecular weight is 503 g/mol. The van der Waals surface area contributed by atoms with E-state index >= 15 is 0 Å². The summed E-state index contributed by atoms with van der Waals surface area (Å²) in [5.74, 6) is 0.537. The number of rotatable bonds is 6. The van der Waals surface area contributed by atoms with Crippen LogP contribution in [0.4, 0.5) is 16.3 Å². The van der Waals surface area contributed by atoms with Gasteiger partial charge in [0.2, 0.25) is 0 Å². The Hall–Kier alpha value is -3.18. The van der Waals surface area contributed by atoms with Crippen molar-refractivity contribution >= 4 is 33.3 Å². The second-order valence-electron chi connectivity index (χ2n) is 8.94. The Balaban J connectivity index is 1.56. The Morgan fingerprint density at radius 3 is 2.51 bits per heavy atom. The van der Waals surface area contributed by atoms with Gasteiger partial charge in [0.15, 0.2) is 9.84 Å². The average Bonchev–Trinajstić information content (AvgIpc) is 3.18. The largest absolute Gasteiger partial charge is 0.447 e. The summed E-state index contributed by atoms with van der Waals surface area (Å²) in [5.41, 5.74) is 2.60. The third kappa shape index (κ3) is 5.10. The van der Waals surface area contributed by atoms with Crippen molar-refractivity contribution in [2.75, 3.05) is 62.6 Å². The van der Waals surface area contributed by atoms with Crippen LogP contribution in [0.3, 0.4) is 0 Å². The van der Waals surface area contributed by atoms with E-state index in [-0.39, 0.29) is 35.6 Å². The number of carbonyl (C=O) groups excluding carboxylic acids is 2. The van der Waals surface area contributed by atoms with Gasteiger partial charge < -0.3 is 19.3 Å². The summed E-state index contributed by atoms with van der Waals surface area (Å²) in [4.78, 5) is 35.3. The molecular weight excluding hydrogens is 472 g/mol. The van der Waals surface area contributed by atoms with Gasteiger partial charge in [0.1, 0.15) is 12.4 Å². The first-order valence-electron chi connectivity index (χ1n) is 11.4. The molecule has 1 atom stereocenters. The predicted molar refractivity (Wildman–Crippen MR) is 131 cm³/mol. The minimum absolute atomic E-state index is 0.0881. The highest BCUT2D eigenvalue weighted by Gasteiger charge is 2.36. The van der Waals surface area contributed by atoms with Crippen LogP contribution in [-0.2, 0) is 19.3 Å². The van der Waals surface area contributed by atoms with E-state index in [4.69, 9.17) is 9.47 Å². The number of hydrogen-bond donors (Lipinski definition) is 0. The van der Waals surface area contributed by atoms with E-state index in [1.807, 2.05) is 20.0 Å². The lowest BCUT2D eigenvalue weighted by Gasteiger charge is -2.36. The summed E-state index contributed by atoms with van der Waals surface area (Å²) in [6.07, 6.45) is 2.30. The minimum Gasteiger partial charge on any atom is -0.447 e. The molecule has 0 saturated carbocycles. The molecule has 2 saturated heterocycles. The molecule has 0 unspecified atom stereocenters. The molecule has 11 heteroatoms. The predicted octanol–water partition coefficient (Wildman–Crippen LogP) is 2.04. The number of amides is 2. The van der Waals surface area contributed by atoms with Gasteiger partial charge in [-0.3, -0.25) is 9.69 Å². The van der Waals surface area contributed by atoms with Crippen molar-refractivity contribution in [3.63, 3.8) is 0 Å². The van der Waals surface area contributed by atoms with Gasteiger partial charge in [0.25, 0.3) is 5.91 Å². The number of aryl methyl sites for hydroxylation is 2. The monoisotopic (exact) mass is 502 g/mol. The smallest absolute Gasteiger partial charge is 0.414 e. The Labute approximate surface area is 205 Å². The number of methoxy groups -OCH3 is 1. The topological polar surface area (TPSA) is 109 Å². The lowest BCUT2D eigenvalue weighted by Crippen LogP contribution is -2.49. The first-order chi connectivity index (χ1) is 16.6. The normalized spacial score (nSPS) is 18.7. The summed E-state index contributed by atoms with van der Waals surface area (Å²) in [5, 5.41) is 0. The standard InChI is InChI=1S/C24H30N4O6S/c1-16-11-17(2)22(25-13-16)26-7-9-27(10-8-26)23(29)20-6-5-18(12-21(20)35(4,31)32)28-19(14-33-3)15-34-24(28)30/h5-6,11-13,19H,7-10,14-15H2,1-4H3/t19-/m1/s1. The van der Waals surface area contributed by atoms with Gasteiger partial charge in [-0.2, -0.15) is 0 Å². The number of benzene rings is 1. The van der Waals surface area contributed by atoms with Crippen LogP contribution < -0.4 is 9.80 Å². The van der Waals surface area contributed by atoms with Crippen molar-refractivity contribution in [2.45, 2.75) is 24.8 Å². The van der Waals surface area contributed by atoms with Crippen molar-refractivity contribution in [2.24, 2.45) is 0 Å². The van der Waals surface area contributed by atoms with E-state index in [2.05, 4.69) is 16.0 Å². The van der Waals surface area contributed by atoms with Gasteiger partial charge in [-0.05, 0) is 43.2 Å². The van der Waals surface area contributed by atoms with Crippen LogP contribution in [0.25, 0.3) is 0 Å². The molecule has 0 spiro atoms. The van der Waals surface area contributed by atoms with E-state index in [1.54, 1.807) is 11.0 Å². The molecule has 0 bridgehead atoms. The van der Waals surface area contributed by atoms with Crippen LogP contribution in [0, 0.1) is 13.8 Å². The number of aromatic nitrogens is 1. The van der Waals surface area contributed by atoms with Crippen LogP contribution in [0.1, 0.15) is 21.5 Å². The van der Waals surface area contributed by atoms with Crippen LogP contribution in [0.2, 0.25) is 0 Å². The van der Waals surface area contributed by atoms with Crippen molar-refractivity contribution in [3.8, 4) is 0 Å². The maximum atomic E-state index is 13.4. The lowest BCUT2D eigenvalue weighted by molar-refractivity contribution is 0.0742. The van der Waals surface area contributed by atoms with E-state index in [9.17, 15) is 18.0 Å². The summed E-state index contributed by atoms with van der Waals surface area (Å²) < 4.78 is 35.6. The summed E-state index contributed by atoms with van der Waals surface area (Å²) in [6, 6.07) is 6.11. The number of carbonyl (C=O) groups is 2. The number of piperazine rings is 1. The second kappa shape index (κ2) is 9.82. The van der Waals surface area contributed by atoms with Gasteiger partial charge in [-0.15, -0.1) is 0 Å². The number of nitrogens with zero attached hydrogens (tertiary/aromatic N) is 4. The molecular formula is C24H30N4O6S. The summed E-state index contributed by atoms with van der Waals surface area (Å²) >= 11 is 0. The van der Waals surface area contributed by atoms with Gasteiger partial charge >= 0.3 is 6.09 Å². The Bertz CT molecular complexity index is 1240. The van der Waals surface area contributed by atoms with Crippen molar-refractivity contribution < 1.29 is 27.5 Å². The molecule has 0 aliphatic carbocycles. The zero-order valence-electron chi connectivity index (χ0n) is 20.4. The first-order valence-corrected chi connectivity index (χ1v) is 13.3. The minimum atomic E-state index is -3.76. The van der Waals surface area contributed by atoms with Crippen molar-refractivity contribution in [1.82, 2.24) is 9.88 Å². The molecule has 188 valence electrons. The maximum absolute atomic E-state index is 13.4. The van der Waals surface area contributed by atoms with E-state index in [0.717, 1.165) is 23.2 Å². The fourth-order valence-electron chi connectivity index (χ4n) is 4.57. The maximum Gasteiger partial charge on any atom is 0.414 e. The second-order valence-corrected chi connectivity index (χ2v) is 10.9. The van der Waals surface area contributed by atoms with Gasteiger partial charge in [0.05, 0.1) is 23.1 Å². The highest BCUT2D eigenvalue weighted by atomic mass is 32.2. The van der Waals surface area contributed by atoms with Crippen LogP contribution >= 0.6 is 0 Å².